The molecule has 0 aliphatic heterocycles. The number of alkyl halides is 3. The average molecular weight is 300 g/mol. The number of carbonyl (C=O) groups is 1. The average Bonchev–Trinajstić information content (AvgIpc) is 2.45. The maximum atomic E-state index is 12.4. The zero-order valence-corrected chi connectivity index (χ0v) is 12.0. The Morgan fingerprint density at radius 1 is 1.29 bits per heavy atom. The van der Waals surface area contributed by atoms with Crippen LogP contribution in [0.5, 0.6) is 0 Å². The molecule has 116 valence electrons. The Kier molecular flexibility index (Phi) is 6.46. The van der Waals surface area contributed by atoms with Crippen LogP contribution in [0.3, 0.4) is 0 Å². The first kappa shape index (κ1) is 17.3. The molecule has 21 heavy (non-hydrogen) atoms. The molecule has 1 aromatic carbocycles. The highest BCUT2D eigenvalue weighted by atomic mass is 19.4. The summed E-state index contributed by atoms with van der Waals surface area (Å²) in [4.78, 5) is 11.9. The minimum absolute atomic E-state index is 0.102. The first-order valence-electron chi connectivity index (χ1n) is 6.89. The first-order valence-corrected chi connectivity index (χ1v) is 6.89. The summed E-state index contributed by atoms with van der Waals surface area (Å²) in [6.45, 7) is 5.67. The maximum absolute atomic E-state index is 12.4. The fraction of sp³-hybridized carbons (Fsp3) is 0.438. The second kappa shape index (κ2) is 7.86. The van der Waals surface area contributed by atoms with Gasteiger partial charge in [0.25, 0.3) is 0 Å². The highest BCUT2D eigenvalue weighted by Crippen LogP contribution is 2.29. The van der Waals surface area contributed by atoms with Gasteiger partial charge in [-0.2, -0.15) is 13.2 Å². The van der Waals surface area contributed by atoms with Crippen molar-refractivity contribution in [3.8, 4) is 0 Å². The molecule has 2 nitrogen and oxygen atoms in total. The van der Waals surface area contributed by atoms with Crippen LogP contribution in [0.2, 0.25) is 0 Å². The molecule has 0 aromatic heterocycles. The topological polar surface area (TPSA) is 26.3 Å². The van der Waals surface area contributed by atoms with E-state index in [1.54, 1.807) is 0 Å². The van der Waals surface area contributed by atoms with Crippen LogP contribution in [0.4, 0.5) is 13.2 Å². The van der Waals surface area contributed by atoms with E-state index >= 15 is 0 Å². The molecular formula is C16H19F3O2. The SMILES string of the molecule is C=CC(CCCCC)OC(=O)c1ccc(C(F)(F)F)cc1. The van der Waals surface area contributed by atoms with Gasteiger partial charge in [-0.25, -0.2) is 4.79 Å². The van der Waals surface area contributed by atoms with E-state index < -0.39 is 23.8 Å². The third-order valence-electron chi connectivity index (χ3n) is 3.06. The molecular weight excluding hydrogens is 281 g/mol. The Morgan fingerprint density at radius 2 is 1.90 bits per heavy atom. The maximum Gasteiger partial charge on any atom is 0.416 e. The molecule has 0 heterocycles. The van der Waals surface area contributed by atoms with Crippen molar-refractivity contribution >= 4 is 5.97 Å². The van der Waals surface area contributed by atoms with Crippen LogP contribution < -0.4 is 0 Å². The summed E-state index contributed by atoms with van der Waals surface area (Å²) >= 11 is 0. The first-order chi connectivity index (χ1) is 9.88. The minimum Gasteiger partial charge on any atom is -0.455 e. The van der Waals surface area contributed by atoms with E-state index in [1.165, 1.54) is 6.08 Å². The van der Waals surface area contributed by atoms with Crippen molar-refractivity contribution in [2.75, 3.05) is 0 Å². The van der Waals surface area contributed by atoms with Crippen molar-refractivity contribution in [3.05, 3.63) is 48.0 Å². The van der Waals surface area contributed by atoms with Crippen LogP contribution in [0, 0.1) is 0 Å². The van der Waals surface area contributed by atoms with Gasteiger partial charge in [-0.3, -0.25) is 0 Å². The largest absolute Gasteiger partial charge is 0.455 e. The van der Waals surface area contributed by atoms with Crippen molar-refractivity contribution in [2.24, 2.45) is 0 Å². The quantitative estimate of drug-likeness (QED) is 0.402. The zero-order valence-electron chi connectivity index (χ0n) is 12.0. The lowest BCUT2D eigenvalue weighted by Gasteiger charge is -2.14. The number of esters is 1. The number of hydrogen-bond donors (Lipinski definition) is 0. The standard InChI is InChI=1S/C16H19F3O2/c1-3-5-6-7-14(4-2)21-15(20)12-8-10-13(11-9-12)16(17,18)19/h4,8-11,14H,2-3,5-7H2,1H3. The molecule has 0 fully saturated rings. The summed E-state index contributed by atoms with van der Waals surface area (Å²) in [6.07, 6.45) is 0.381. The van der Waals surface area contributed by atoms with Gasteiger partial charge in [-0.05, 0) is 37.1 Å². The molecule has 0 amide bonds. The summed E-state index contributed by atoms with van der Waals surface area (Å²) in [6, 6.07) is 3.99. The van der Waals surface area contributed by atoms with E-state index in [-0.39, 0.29) is 5.56 Å². The second-order valence-electron chi connectivity index (χ2n) is 4.75. The van der Waals surface area contributed by atoms with E-state index in [1.807, 2.05) is 0 Å². The minimum atomic E-state index is -4.41. The summed E-state index contributed by atoms with van der Waals surface area (Å²) in [5.41, 5.74) is -0.687. The van der Waals surface area contributed by atoms with Crippen LogP contribution in [0.1, 0.15) is 48.5 Å². The number of benzene rings is 1. The van der Waals surface area contributed by atoms with E-state index in [9.17, 15) is 18.0 Å². The summed E-state index contributed by atoms with van der Waals surface area (Å²) in [7, 11) is 0. The molecule has 0 spiro atoms. The summed E-state index contributed by atoms with van der Waals surface area (Å²) in [5, 5.41) is 0. The smallest absolute Gasteiger partial charge is 0.416 e. The van der Waals surface area contributed by atoms with Gasteiger partial charge in [-0.15, -0.1) is 0 Å². The highest BCUT2D eigenvalue weighted by molar-refractivity contribution is 5.89. The second-order valence-corrected chi connectivity index (χ2v) is 4.75. The van der Waals surface area contributed by atoms with Gasteiger partial charge in [0, 0.05) is 0 Å². The van der Waals surface area contributed by atoms with Gasteiger partial charge in [0.1, 0.15) is 6.10 Å². The van der Waals surface area contributed by atoms with E-state index in [2.05, 4.69) is 13.5 Å². The predicted molar refractivity (Wildman–Crippen MR) is 75.0 cm³/mol. The molecule has 1 aromatic rings. The fourth-order valence-electron chi connectivity index (χ4n) is 1.82. The van der Waals surface area contributed by atoms with Crippen molar-refractivity contribution in [1.29, 1.82) is 0 Å². The fourth-order valence-corrected chi connectivity index (χ4v) is 1.82. The Labute approximate surface area is 122 Å². The molecule has 0 saturated heterocycles. The molecule has 1 unspecified atom stereocenters. The van der Waals surface area contributed by atoms with Gasteiger partial charge in [-0.1, -0.05) is 32.4 Å². The number of halogens is 3. The van der Waals surface area contributed by atoms with Gasteiger partial charge in [0.15, 0.2) is 0 Å². The number of carbonyl (C=O) groups excluding carboxylic acids is 1. The molecule has 1 atom stereocenters. The highest BCUT2D eigenvalue weighted by Gasteiger charge is 2.30. The number of hydrogen-bond acceptors (Lipinski definition) is 2. The molecule has 0 aliphatic rings. The van der Waals surface area contributed by atoms with Crippen LogP contribution in [-0.4, -0.2) is 12.1 Å². The van der Waals surface area contributed by atoms with Crippen LogP contribution in [0.25, 0.3) is 0 Å². The lowest BCUT2D eigenvalue weighted by molar-refractivity contribution is -0.137. The number of unbranched alkanes of at least 4 members (excludes halogenated alkanes) is 2. The van der Waals surface area contributed by atoms with Crippen molar-refractivity contribution in [2.45, 2.75) is 44.9 Å². The van der Waals surface area contributed by atoms with E-state index in [0.29, 0.717) is 6.42 Å². The molecule has 1 rings (SSSR count). The van der Waals surface area contributed by atoms with Crippen LogP contribution >= 0.6 is 0 Å². The third kappa shape index (κ3) is 5.61. The van der Waals surface area contributed by atoms with Gasteiger partial charge >= 0.3 is 12.1 Å². The summed E-state index contributed by atoms with van der Waals surface area (Å²) in [5.74, 6) is -0.634. The van der Waals surface area contributed by atoms with Gasteiger partial charge < -0.3 is 4.74 Å². The van der Waals surface area contributed by atoms with E-state index in [4.69, 9.17) is 4.74 Å². The van der Waals surface area contributed by atoms with Gasteiger partial charge in [0.2, 0.25) is 0 Å². The Morgan fingerprint density at radius 3 is 2.38 bits per heavy atom. The monoisotopic (exact) mass is 300 g/mol. The predicted octanol–water partition coefficient (Wildman–Crippen LogP) is 5.00. The van der Waals surface area contributed by atoms with Crippen molar-refractivity contribution < 1.29 is 22.7 Å². The molecule has 5 heteroatoms. The van der Waals surface area contributed by atoms with Crippen LogP contribution in [-0.2, 0) is 10.9 Å². The molecule has 0 aliphatic carbocycles. The Bertz CT molecular complexity index is 463. The normalized spacial score (nSPS) is 12.8. The van der Waals surface area contributed by atoms with Crippen LogP contribution in [0.15, 0.2) is 36.9 Å². The summed E-state index contributed by atoms with van der Waals surface area (Å²) < 4.78 is 42.5. The Balaban J connectivity index is 2.64. The molecule has 0 bridgehead atoms. The third-order valence-corrected chi connectivity index (χ3v) is 3.06. The zero-order chi connectivity index (χ0) is 15.9. The molecule has 0 saturated carbocycles. The molecule has 0 radical (unpaired) electrons. The van der Waals surface area contributed by atoms with E-state index in [0.717, 1.165) is 43.5 Å². The van der Waals surface area contributed by atoms with Gasteiger partial charge in [0.05, 0.1) is 11.1 Å². The van der Waals surface area contributed by atoms with Crippen molar-refractivity contribution in [3.63, 3.8) is 0 Å². The Hall–Kier alpha value is -1.78. The number of rotatable bonds is 7. The van der Waals surface area contributed by atoms with Crippen molar-refractivity contribution in [1.82, 2.24) is 0 Å². The molecule has 0 N–H and O–H groups in total. The number of ether oxygens (including phenoxy) is 1. The lowest BCUT2D eigenvalue weighted by atomic mass is 10.1. The lowest BCUT2D eigenvalue weighted by Crippen LogP contribution is -2.16.